The van der Waals surface area contributed by atoms with Gasteiger partial charge >= 0.3 is 5.97 Å². The van der Waals surface area contributed by atoms with Crippen LogP contribution >= 0.6 is 0 Å². The van der Waals surface area contributed by atoms with Crippen LogP contribution in [-0.2, 0) is 11.3 Å². The van der Waals surface area contributed by atoms with Crippen molar-refractivity contribution in [3.63, 3.8) is 0 Å². The number of benzene rings is 1. The molecule has 0 aliphatic heterocycles. The Morgan fingerprint density at radius 1 is 1.17 bits per heavy atom. The van der Waals surface area contributed by atoms with Crippen LogP contribution < -0.4 is 14.4 Å². The molecule has 1 heterocycles. The first-order chi connectivity index (χ1) is 13.7. The SMILES string of the molecule is CCOc1ccc(C[NH+](C)[C@@H](C)C(=O)c2[nH]c(C)c(C(=O)OC)c2C)cc1OC. The van der Waals surface area contributed by atoms with E-state index in [9.17, 15) is 9.59 Å². The molecule has 29 heavy (non-hydrogen) atoms. The van der Waals surface area contributed by atoms with E-state index in [1.165, 1.54) is 7.11 Å². The van der Waals surface area contributed by atoms with Crippen LogP contribution in [0.4, 0.5) is 0 Å². The van der Waals surface area contributed by atoms with E-state index >= 15 is 0 Å². The zero-order chi connectivity index (χ0) is 21.7. The summed E-state index contributed by atoms with van der Waals surface area (Å²) in [4.78, 5) is 29.2. The van der Waals surface area contributed by atoms with E-state index < -0.39 is 5.97 Å². The number of hydrogen-bond acceptors (Lipinski definition) is 5. The minimum Gasteiger partial charge on any atom is -0.493 e. The van der Waals surface area contributed by atoms with Crippen LogP contribution in [0.25, 0.3) is 0 Å². The van der Waals surface area contributed by atoms with Gasteiger partial charge in [-0.25, -0.2) is 4.79 Å². The highest BCUT2D eigenvalue weighted by Crippen LogP contribution is 2.27. The number of quaternary nitrogens is 1. The number of likely N-dealkylation sites (N-methyl/N-ethyl adjacent to an activating group) is 1. The number of rotatable bonds is 9. The van der Waals surface area contributed by atoms with E-state index in [-0.39, 0.29) is 11.8 Å². The van der Waals surface area contributed by atoms with E-state index in [0.717, 1.165) is 10.5 Å². The highest BCUT2D eigenvalue weighted by atomic mass is 16.5. The molecule has 2 atom stereocenters. The molecule has 1 aromatic carbocycles. The van der Waals surface area contributed by atoms with Crippen molar-refractivity contribution in [2.45, 2.75) is 40.3 Å². The molecule has 0 radical (unpaired) electrons. The van der Waals surface area contributed by atoms with Gasteiger partial charge in [-0.15, -0.1) is 0 Å². The third-order valence-electron chi connectivity index (χ3n) is 5.22. The highest BCUT2D eigenvalue weighted by molar-refractivity contribution is 6.03. The van der Waals surface area contributed by atoms with Crippen molar-refractivity contribution >= 4 is 11.8 Å². The summed E-state index contributed by atoms with van der Waals surface area (Å²) in [7, 11) is 4.92. The molecular weight excluding hydrogens is 372 g/mol. The molecule has 0 saturated heterocycles. The highest BCUT2D eigenvalue weighted by Gasteiger charge is 2.29. The maximum Gasteiger partial charge on any atom is 0.339 e. The van der Waals surface area contributed by atoms with E-state index in [2.05, 4.69) is 4.98 Å². The maximum atomic E-state index is 13.1. The van der Waals surface area contributed by atoms with Gasteiger partial charge in [-0.05, 0) is 51.5 Å². The summed E-state index contributed by atoms with van der Waals surface area (Å²) in [5.74, 6) is 0.893. The number of carbonyl (C=O) groups excluding carboxylic acids is 2. The van der Waals surface area contributed by atoms with Gasteiger partial charge in [0.15, 0.2) is 17.5 Å². The molecule has 0 saturated carbocycles. The summed E-state index contributed by atoms with van der Waals surface area (Å²) < 4.78 is 15.8. The molecule has 158 valence electrons. The molecular formula is C22H31N2O5+. The van der Waals surface area contributed by atoms with Crippen LogP contribution in [0.5, 0.6) is 11.5 Å². The summed E-state index contributed by atoms with van der Waals surface area (Å²) in [6.45, 7) is 8.55. The fourth-order valence-electron chi connectivity index (χ4n) is 3.42. The number of aryl methyl sites for hydroxylation is 1. The topological polar surface area (TPSA) is 82.1 Å². The largest absolute Gasteiger partial charge is 0.493 e. The van der Waals surface area contributed by atoms with Crippen molar-refractivity contribution in [1.82, 2.24) is 4.98 Å². The quantitative estimate of drug-likeness (QED) is 0.495. The summed E-state index contributed by atoms with van der Waals surface area (Å²) in [5.41, 5.74) is 3.19. The smallest absolute Gasteiger partial charge is 0.339 e. The zero-order valence-corrected chi connectivity index (χ0v) is 18.3. The number of nitrogens with one attached hydrogen (secondary N) is 2. The monoisotopic (exact) mass is 403 g/mol. The molecule has 2 aromatic rings. The fraction of sp³-hybridized carbons (Fsp3) is 0.455. The number of esters is 1. The second-order valence-electron chi connectivity index (χ2n) is 7.14. The van der Waals surface area contributed by atoms with Crippen molar-refractivity contribution in [2.75, 3.05) is 27.9 Å². The average molecular weight is 403 g/mol. The fourth-order valence-corrected chi connectivity index (χ4v) is 3.42. The summed E-state index contributed by atoms with van der Waals surface area (Å²) >= 11 is 0. The van der Waals surface area contributed by atoms with Gasteiger partial charge < -0.3 is 24.1 Å². The Morgan fingerprint density at radius 2 is 1.86 bits per heavy atom. The molecule has 0 aliphatic carbocycles. The van der Waals surface area contributed by atoms with Crippen molar-refractivity contribution in [2.24, 2.45) is 0 Å². The maximum absolute atomic E-state index is 13.1. The molecule has 0 bridgehead atoms. The van der Waals surface area contributed by atoms with E-state index in [4.69, 9.17) is 14.2 Å². The third kappa shape index (κ3) is 4.79. The number of ether oxygens (including phenoxy) is 3. The van der Waals surface area contributed by atoms with Gasteiger partial charge in [0, 0.05) is 11.3 Å². The van der Waals surface area contributed by atoms with Crippen molar-refractivity contribution in [1.29, 1.82) is 0 Å². The second-order valence-corrected chi connectivity index (χ2v) is 7.14. The predicted molar refractivity (Wildman–Crippen MR) is 110 cm³/mol. The number of Topliss-reactive ketones (excluding diaryl/α,β-unsaturated/α-hetero) is 1. The van der Waals surface area contributed by atoms with Crippen LogP contribution in [0.2, 0.25) is 0 Å². The van der Waals surface area contributed by atoms with Crippen molar-refractivity contribution in [3.05, 3.63) is 46.3 Å². The number of hydrogen-bond donors (Lipinski definition) is 2. The molecule has 2 N–H and O–H groups in total. The Balaban J connectivity index is 2.19. The third-order valence-corrected chi connectivity index (χ3v) is 5.22. The molecule has 7 heteroatoms. The van der Waals surface area contributed by atoms with Crippen LogP contribution in [0.3, 0.4) is 0 Å². The number of ketones is 1. The van der Waals surface area contributed by atoms with Gasteiger partial charge in [0.25, 0.3) is 0 Å². The molecule has 0 aliphatic rings. The normalized spacial score (nSPS) is 12.9. The van der Waals surface area contributed by atoms with Gasteiger partial charge in [0.05, 0.1) is 39.1 Å². The lowest BCUT2D eigenvalue weighted by Crippen LogP contribution is -3.12. The lowest BCUT2D eigenvalue weighted by atomic mass is 10.0. The molecule has 1 aromatic heterocycles. The molecule has 1 unspecified atom stereocenters. The first-order valence-electron chi connectivity index (χ1n) is 9.68. The Labute approximate surface area is 172 Å². The minimum absolute atomic E-state index is 0.0452. The Hall–Kier alpha value is -2.80. The Morgan fingerprint density at radius 3 is 2.45 bits per heavy atom. The Kier molecular flexibility index (Phi) is 7.45. The molecule has 0 spiro atoms. The predicted octanol–water partition coefficient (Wildman–Crippen LogP) is 2.11. The van der Waals surface area contributed by atoms with Gasteiger partial charge in [-0.2, -0.15) is 0 Å². The van der Waals surface area contributed by atoms with Gasteiger partial charge in [-0.3, -0.25) is 4.79 Å². The number of H-pyrrole nitrogens is 1. The van der Waals surface area contributed by atoms with E-state index in [1.807, 2.05) is 39.1 Å². The van der Waals surface area contributed by atoms with E-state index in [0.29, 0.717) is 47.2 Å². The van der Waals surface area contributed by atoms with Crippen LogP contribution in [-0.4, -0.2) is 50.7 Å². The first-order valence-corrected chi connectivity index (χ1v) is 9.68. The number of carbonyl (C=O) groups is 2. The zero-order valence-electron chi connectivity index (χ0n) is 18.3. The lowest BCUT2D eigenvalue weighted by molar-refractivity contribution is -0.907. The van der Waals surface area contributed by atoms with Crippen molar-refractivity contribution < 1.29 is 28.7 Å². The second kappa shape index (κ2) is 9.60. The molecule has 0 fully saturated rings. The van der Waals surface area contributed by atoms with Crippen LogP contribution in [0.15, 0.2) is 18.2 Å². The number of aromatic amines is 1. The number of aromatic nitrogens is 1. The number of methoxy groups -OCH3 is 2. The van der Waals surface area contributed by atoms with Crippen LogP contribution in [0.1, 0.15) is 51.5 Å². The first kappa shape index (κ1) is 22.5. The summed E-state index contributed by atoms with van der Waals surface area (Å²) in [5, 5.41) is 0. The van der Waals surface area contributed by atoms with Crippen molar-refractivity contribution in [3.8, 4) is 11.5 Å². The van der Waals surface area contributed by atoms with E-state index in [1.54, 1.807) is 21.0 Å². The average Bonchev–Trinajstić information content (AvgIpc) is 3.01. The lowest BCUT2D eigenvalue weighted by Gasteiger charge is -2.21. The standard InChI is InChI=1S/C22H30N2O5/c1-8-29-17-10-9-16(11-18(17)27-6)12-24(5)15(4)21(25)20-13(2)19(14(3)23-20)22(26)28-7/h9-11,15,23H,8,12H2,1-7H3/p+1/t15-/m0/s1. The van der Waals surface area contributed by atoms with Gasteiger partial charge in [-0.1, -0.05) is 0 Å². The summed E-state index contributed by atoms with van der Waals surface area (Å²) in [6, 6.07) is 5.49. The van der Waals surface area contributed by atoms with Gasteiger partial charge in [0.1, 0.15) is 6.54 Å². The van der Waals surface area contributed by atoms with Crippen LogP contribution in [0, 0.1) is 13.8 Å². The summed E-state index contributed by atoms with van der Waals surface area (Å²) in [6.07, 6.45) is 0. The molecule has 7 nitrogen and oxygen atoms in total. The Bertz CT molecular complexity index is 888. The van der Waals surface area contributed by atoms with Gasteiger partial charge in [0.2, 0.25) is 5.78 Å². The minimum atomic E-state index is -0.440. The molecule has 2 rings (SSSR count). The molecule has 0 amide bonds.